The van der Waals surface area contributed by atoms with E-state index in [0.717, 1.165) is 25.7 Å². The van der Waals surface area contributed by atoms with Gasteiger partial charge in [-0.1, -0.05) is 18.2 Å². The molecule has 2 aliphatic rings. The number of piperazine rings is 1. The van der Waals surface area contributed by atoms with E-state index in [0.29, 0.717) is 6.04 Å². The largest absolute Gasteiger partial charge is 0.383 e. The summed E-state index contributed by atoms with van der Waals surface area (Å²) in [5.41, 5.74) is 2.79. The van der Waals surface area contributed by atoms with Crippen molar-refractivity contribution in [1.29, 1.82) is 0 Å². The number of aromatic nitrogens is 1. The molecule has 24 heavy (non-hydrogen) atoms. The first-order valence-corrected chi connectivity index (χ1v) is 9.30. The third-order valence-corrected chi connectivity index (χ3v) is 5.85. The van der Waals surface area contributed by atoms with Crippen molar-refractivity contribution in [1.82, 2.24) is 14.4 Å². The van der Waals surface area contributed by atoms with Crippen LogP contribution in [0, 0.1) is 0 Å². The van der Waals surface area contributed by atoms with Crippen LogP contribution in [0.2, 0.25) is 0 Å². The van der Waals surface area contributed by atoms with Gasteiger partial charge in [0.15, 0.2) is 0 Å². The van der Waals surface area contributed by atoms with E-state index in [1.165, 1.54) is 48.9 Å². The number of benzene rings is 1. The molecule has 1 aromatic carbocycles. The predicted molar refractivity (Wildman–Crippen MR) is 98.3 cm³/mol. The van der Waals surface area contributed by atoms with Crippen molar-refractivity contribution >= 4 is 10.9 Å². The number of ether oxygens (including phenoxy) is 1. The Morgan fingerprint density at radius 2 is 2.08 bits per heavy atom. The Balaban J connectivity index is 1.57. The van der Waals surface area contributed by atoms with Crippen molar-refractivity contribution in [2.75, 3.05) is 33.4 Å². The van der Waals surface area contributed by atoms with Crippen LogP contribution in [-0.2, 0) is 17.8 Å². The average molecular weight is 327 g/mol. The molecule has 2 fully saturated rings. The van der Waals surface area contributed by atoms with Crippen molar-refractivity contribution in [3.05, 3.63) is 36.0 Å². The van der Waals surface area contributed by atoms with Crippen molar-refractivity contribution < 1.29 is 4.74 Å². The summed E-state index contributed by atoms with van der Waals surface area (Å²) in [6, 6.07) is 10.2. The summed E-state index contributed by atoms with van der Waals surface area (Å²) in [6.07, 6.45) is 5.10. The van der Waals surface area contributed by atoms with Gasteiger partial charge in [0, 0.05) is 62.5 Å². The maximum absolute atomic E-state index is 5.28. The van der Waals surface area contributed by atoms with Crippen LogP contribution in [0.5, 0.6) is 0 Å². The third-order valence-electron chi connectivity index (χ3n) is 5.85. The lowest BCUT2D eigenvalue weighted by Crippen LogP contribution is -2.54. The Bertz CT molecular complexity index is 695. The van der Waals surface area contributed by atoms with Gasteiger partial charge in [-0.2, -0.15) is 0 Å². The molecule has 0 bridgehead atoms. The smallest absolute Gasteiger partial charge is 0.0641 e. The van der Waals surface area contributed by atoms with Crippen LogP contribution in [0.1, 0.15) is 25.3 Å². The maximum atomic E-state index is 5.28. The SMILES string of the molecule is COCCn1cc(CN2CC3CCCN3C[C@@H]2C)c2ccccc21. The second kappa shape index (κ2) is 6.87. The highest BCUT2D eigenvalue weighted by atomic mass is 16.5. The van der Waals surface area contributed by atoms with Gasteiger partial charge in [0.25, 0.3) is 0 Å². The zero-order valence-electron chi connectivity index (χ0n) is 14.9. The number of nitrogens with zero attached hydrogens (tertiary/aromatic N) is 3. The molecule has 0 saturated carbocycles. The Hall–Kier alpha value is -1.36. The van der Waals surface area contributed by atoms with Crippen LogP contribution in [0.25, 0.3) is 10.9 Å². The number of hydrogen-bond donors (Lipinski definition) is 0. The zero-order valence-corrected chi connectivity index (χ0v) is 14.9. The molecule has 1 unspecified atom stereocenters. The van der Waals surface area contributed by atoms with Crippen LogP contribution < -0.4 is 0 Å². The van der Waals surface area contributed by atoms with Gasteiger partial charge in [-0.05, 0) is 37.9 Å². The lowest BCUT2D eigenvalue weighted by molar-refractivity contribution is 0.0543. The van der Waals surface area contributed by atoms with E-state index >= 15 is 0 Å². The maximum Gasteiger partial charge on any atom is 0.0641 e. The molecule has 2 saturated heterocycles. The summed E-state index contributed by atoms with van der Waals surface area (Å²) < 4.78 is 7.63. The van der Waals surface area contributed by atoms with E-state index in [4.69, 9.17) is 4.74 Å². The topological polar surface area (TPSA) is 20.6 Å². The molecule has 2 aliphatic heterocycles. The summed E-state index contributed by atoms with van der Waals surface area (Å²) in [6.45, 7) is 8.88. The van der Waals surface area contributed by atoms with Crippen LogP contribution in [0.15, 0.2) is 30.5 Å². The van der Waals surface area contributed by atoms with Gasteiger partial charge in [-0.3, -0.25) is 9.80 Å². The van der Waals surface area contributed by atoms with E-state index in [1.54, 1.807) is 7.11 Å². The Morgan fingerprint density at radius 3 is 2.96 bits per heavy atom. The van der Waals surface area contributed by atoms with Crippen molar-refractivity contribution in [3.8, 4) is 0 Å². The van der Waals surface area contributed by atoms with Gasteiger partial charge in [0.1, 0.15) is 0 Å². The normalized spacial score (nSPS) is 25.4. The minimum absolute atomic E-state index is 0.639. The highest BCUT2D eigenvalue weighted by molar-refractivity contribution is 5.83. The second-order valence-electron chi connectivity index (χ2n) is 7.43. The molecule has 4 heteroatoms. The van der Waals surface area contributed by atoms with E-state index in [9.17, 15) is 0 Å². The van der Waals surface area contributed by atoms with Crippen molar-refractivity contribution in [2.24, 2.45) is 0 Å². The molecule has 4 rings (SSSR count). The van der Waals surface area contributed by atoms with Gasteiger partial charge in [0.2, 0.25) is 0 Å². The number of methoxy groups -OCH3 is 1. The number of para-hydroxylation sites is 1. The van der Waals surface area contributed by atoms with Crippen LogP contribution in [0.4, 0.5) is 0 Å². The second-order valence-corrected chi connectivity index (χ2v) is 7.43. The molecule has 0 radical (unpaired) electrons. The fraction of sp³-hybridized carbons (Fsp3) is 0.600. The number of rotatable bonds is 5. The first-order chi connectivity index (χ1) is 11.8. The molecular weight excluding hydrogens is 298 g/mol. The lowest BCUT2D eigenvalue weighted by Gasteiger charge is -2.42. The summed E-state index contributed by atoms with van der Waals surface area (Å²) in [7, 11) is 1.77. The fourth-order valence-corrected chi connectivity index (χ4v) is 4.51. The van der Waals surface area contributed by atoms with Crippen LogP contribution in [0.3, 0.4) is 0 Å². The van der Waals surface area contributed by atoms with Crippen molar-refractivity contribution in [2.45, 2.75) is 44.9 Å². The predicted octanol–water partition coefficient (Wildman–Crippen LogP) is 2.96. The first-order valence-electron chi connectivity index (χ1n) is 9.30. The van der Waals surface area contributed by atoms with E-state index in [-0.39, 0.29) is 0 Å². The molecule has 2 aromatic rings. The standard InChI is InChI=1S/C20H29N3O/c1-16-12-21-9-5-6-18(21)15-23(16)14-17-13-22(10-11-24-2)20-8-4-3-7-19(17)20/h3-4,7-8,13,16,18H,5-6,9-12,14-15H2,1-2H3/t16-,18?/m0/s1. The minimum atomic E-state index is 0.639. The molecular formula is C20H29N3O. The fourth-order valence-electron chi connectivity index (χ4n) is 4.51. The van der Waals surface area contributed by atoms with Gasteiger partial charge in [-0.25, -0.2) is 0 Å². The Labute approximate surface area is 145 Å². The molecule has 1 aromatic heterocycles. The molecule has 2 atom stereocenters. The number of hydrogen-bond acceptors (Lipinski definition) is 3. The molecule has 3 heterocycles. The Morgan fingerprint density at radius 1 is 1.21 bits per heavy atom. The van der Waals surface area contributed by atoms with E-state index in [1.807, 2.05) is 0 Å². The van der Waals surface area contributed by atoms with Gasteiger partial charge < -0.3 is 9.30 Å². The molecule has 0 aliphatic carbocycles. The molecule has 0 spiro atoms. The molecule has 0 N–H and O–H groups in total. The van der Waals surface area contributed by atoms with Gasteiger partial charge >= 0.3 is 0 Å². The van der Waals surface area contributed by atoms with Crippen molar-refractivity contribution in [3.63, 3.8) is 0 Å². The van der Waals surface area contributed by atoms with Gasteiger partial charge in [-0.15, -0.1) is 0 Å². The lowest BCUT2D eigenvalue weighted by atomic mass is 10.1. The van der Waals surface area contributed by atoms with Crippen LogP contribution in [-0.4, -0.2) is 59.8 Å². The van der Waals surface area contributed by atoms with E-state index in [2.05, 4.69) is 51.8 Å². The average Bonchev–Trinajstić information content (AvgIpc) is 3.18. The van der Waals surface area contributed by atoms with E-state index < -0.39 is 0 Å². The zero-order chi connectivity index (χ0) is 16.5. The monoisotopic (exact) mass is 327 g/mol. The molecule has 130 valence electrons. The summed E-state index contributed by atoms with van der Waals surface area (Å²) >= 11 is 0. The summed E-state index contributed by atoms with van der Waals surface area (Å²) in [5, 5.41) is 1.40. The summed E-state index contributed by atoms with van der Waals surface area (Å²) in [4.78, 5) is 5.39. The Kier molecular flexibility index (Phi) is 4.61. The highest BCUT2D eigenvalue weighted by Gasteiger charge is 2.34. The molecule has 4 nitrogen and oxygen atoms in total. The number of fused-ring (bicyclic) bond motifs is 2. The van der Waals surface area contributed by atoms with Crippen LogP contribution >= 0.6 is 0 Å². The highest BCUT2D eigenvalue weighted by Crippen LogP contribution is 2.28. The first kappa shape index (κ1) is 16.1. The quantitative estimate of drug-likeness (QED) is 0.842. The van der Waals surface area contributed by atoms with Gasteiger partial charge in [0.05, 0.1) is 6.61 Å². The minimum Gasteiger partial charge on any atom is -0.383 e. The molecule has 0 amide bonds. The summed E-state index contributed by atoms with van der Waals surface area (Å²) in [5.74, 6) is 0. The third kappa shape index (κ3) is 2.99.